The monoisotopic (exact) mass is 474 g/mol. The quantitative estimate of drug-likeness (QED) is 0.392. The fraction of sp³-hybridized carbons (Fsp3) is 0.240. The molecule has 4 rings (SSSR count). The van der Waals surface area contributed by atoms with Crippen LogP contribution in [0.4, 0.5) is 29.3 Å². The van der Waals surface area contributed by atoms with E-state index in [4.69, 9.17) is 11.6 Å². The zero-order valence-electron chi connectivity index (χ0n) is 18.2. The Labute approximate surface area is 195 Å². The molecule has 1 fully saturated rings. The van der Waals surface area contributed by atoms with Gasteiger partial charge >= 0.3 is 12.4 Å². The molecule has 0 N–H and O–H groups in total. The van der Waals surface area contributed by atoms with E-state index in [0.717, 1.165) is 5.56 Å². The highest BCUT2D eigenvalue weighted by molar-refractivity contribution is 6.30. The molecule has 0 aromatic heterocycles. The Morgan fingerprint density at radius 2 is 1.55 bits per heavy atom. The SMILES string of the molecule is Cc1ccc(N2C(=O)N(c3ccc(Cl)cc3)[C@@H](c3cccc(OC(F)(F)F)c3)C2(C)C)cc1. The second kappa shape index (κ2) is 8.30. The number of nitrogens with zero attached hydrogens (tertiary/aromatic N) is 2. The molecule has 2 amide bonds. The third-order valence-electron chi connectivity index (χ3n) is 5.71. The second-order valence-electron chi connectivity index (χ2n) is 8.48. The summed E-state index contributed by atoms with van der Waals surface area (Å²) in [5.74, 6) is -0.340. The van der Waals surface area contributed by atoms with Gasteiger partial charge in [0.15, 0.2) is 0 Å². The Kier molecular flexibility index (Phi) is 5.78. The number of benzene rings is 3. The summed E-state index contributed by atoms with van der Waals surface area (Å²) >= 11 is 6.05. The Morgan fingerprint density at radius 1 is 0.939 bits per heavy atom. The first-order chi connectivity index (χ1) is 15.5. The van der Waals surface area contributed by atoms with Crippen molar-refractivity contribution in [1.82, 2.24) is 0 Å². The molecule has 3 aromatic rings. The summed E-state index contributed by atoms with van der Waals surface area (Å²) < 4.78 is 42.7. The zero-order valence-corrected chi connectivity index (χ0v) is 19.0. The molecule has 1 atom stereocenters. The number of aryl methyl sites for hydroxylation is 1. The topological polar surface area (TPSA) is 32.8 Å². The predicted octanol–water partition coefficient (Wildman–Crippen LogP) is 7.51. The summed E-state index contributed by atoms with van der Waals surface area (Å²) in [6.45, 7) is 5.74. The highest BCUT2D eigenvalue weighted by Gasteiger charge is 2.53. The Hall–Kier alpha value is -3.19. The van der Waals surface area contributed by atoms with Crippen molar-refractivity contribution in [1.29, 1.82) is 0 Å². The van der Waals surface area contributed by atoms with E-state index in [0.29, 0.717) is 22.0 Å². The first-order valence-corrected chi connectivity index (χ1v) is 10.7. The number of urea groups is 1. The molecule has 1 heterocycles. The van der Waals surface area contributed by atoms with E-state index in [9.17, 15) is 18.0 Å². The highest BCUT2D eigenvalue weighted by atomic mass is 35.5. The molecule has 33 heavy (non-hydrogen) atoms. The van der Waals surface area contributed by atoms with Crippen LogP contribution in [0.3, 0.4) is 0 Å². The third kappa shape index (κ3) is 4.50. The molecule has 0 saturated carbocycles. The fourth-order valence-corrected chi connectivity index (χ4v) is 4.47. The first-order valence-electron chi connectivity index (χ1n) is 10.3. The maximum Gasteiger partial charge on any atom is 0.573 e. The van der Waals surface area contributed by atoms with E-state index in [-0.39, 0.29) is 11.8 Å². The number of anilines is 2. The van der Waals surface area contributed by atoms with Crippen LogP contribution < -0.4 is 14.5 Å². The minimum Gasteiger partial charge on any atom is -0.406 e. The zero-order chi connectivity index (χ0) is 24.0. The van der Waals surface area contributed by atoms with Gasteiger partial charge in [-0.15, -0.1) is 13.2 Å². The van der Waals surface area contributed by atoms with E-state index < -0.39 is 17.9 Å². The van der Waals surface area contributed by atoms with Crippen LogP contribution in [-0.2, 0) is 0 Å². The summed E-state index contributed by atoms with van der Waals surface area (Å²) in [6.07, 6.45) is -4.82. The lowest BCUT2D eigenvalue weighted by Crippen LogP contribution is -2.43. The minimum atomic E-state index is -4.82. The number of halogens is 4. The molecular formula is C25H22ClF3N2O2. The molecule has 0 aliphatic carbocycles. The number of hydrogen-bond acceptors (Lipinski definition) is 2. The van der Waals surface area contributed by atoms with E-state index in [1.165, 1.54) is 18.2 Å². The Balaban J connectivity index is 1.86. The average molecular weight is 475 g/mol. The molecule has 0 spiro atoms. The smallest absolute Gasteiger partial charge is 0.406 e. The van der Waals surface area contributed by atoms with Crippen molar-refractivity contribution in [3.8, 4) is 5.75 Å². The minimum absolute atomic E-state index is 0.293. The van der Waals surface area contributed by atoms with Gasteiger partial charge in [0.1, 0.15) is 5.75 Å². The van der Waals surface area contributed by atoms with Gasteiger partial charge < -0.3 is 4.74 Å². The van der Waals surface area contributed by atoms with E-state index in [2.05, 4.69) is 4.74 Å². The van der Waals surface area contributed by atoms with Crippen molar-refractivity contribution in [2.75, 3.05) is 9.80 Å². The molecule has 1 aliphatic rings. The maximum absolute atomic E-state index is 13.8. The van der Waals surface area contributed by atoms with Crippen LogP contribution in [0, 0.1) is 6.92 Å². The lowest BCUT2D eigenvalue weighted by atomic mass is 9.87. The highest BCUT2D eigenvalue weighted by Crippen LogP contribution is 2.48. The van der Waals surface area contributed by atoms with E-state index >= 15 is 0 Å². The van der Waals surface area contributed by atoms with Crippen LogP contribution in [0.2, 0.25) is 5.02 Å². The van der Waals surface area contributed by atoms with Crippen molar-refractivity contribution in [3.05, 3.63) is 88.9 Å². The number of hydrogen-bond donors (Lipinski definition) is 0. The summed E-state index contributed by atoms with van der Waals surface area (Å²) in [7, 11) is 0. The number of amides is 2. The van der Waals surface area contributed by atoms with E-state index in [1.54, 1.807) is 40.1 Å². The number of carbonyl (C=O) groups excluding carboxylic acids is 1. The van der Waals surface area contributed by atoms with Crippen molar-refractivity contribution < 1.29 is 22.7 Å². The molecule has 8 heteroatoms. The summed E-state index contributed by atoms with van der Waals surface area (Å²) in [5.41, 5.74) is 2.02. The standard InChI is InChI=1S/C25H22ClF3N2O2/c1-16-7-11-20(12-8-16)31-23(32)30(19-13-9-18(26)10-14-19)22(24(31,2)3)17-5-4-6-21(15-17)33-25(27,28)29/h4-15,22H,1-3H3/t22-/m0/s1. The lowest BCUT2D eigenvalue weighted by Gasteiger charge is -2.35. The van der Waals surface area contributed by atoms with Crippen LogP contribution in [0.5, 0.6) is 5.75 Å². The van der Waals surface area contributed by atoms with Gasteiger partial charge in [-0.05, 0) is 74.9 Å². The van der Waals surface area contributed by atoms with Crippen LogP contribution in [0.1, 0.15) is 31.0 Å². The van der Waals surface area contributed by atoms with Crippen molar-refractivity contribution >= 4 is 29.0 Å². The van der Waals surface area contributed by atoms with Crippen LogP contribution in [0.15, 0.2) is 72.8 Å². The van der Waals surface area contributed by atoms with Gasteiger partial charge in [-0.3, -0.25) is 9.80 Å². The summed E-state index contributed by atoms with van der Waals surface area (Å²) in [5, 5.41) is 0.511. The molecule has 1 aliphatic heterocycles. The maximum atomic E-state index is 13.8. The molecule has 0 unspecified atom stereocenters. The van der Waals surface area contributed by atoms with Crippen molar-refractivity contribution in [2.24, 2.45) is 0 Å². The predicted molar refractivity (Wildman–Crippen MR) is 123 cm³/mol. The van der Waals surface area contributed by atoms with Crippen LogP contribution >= 0.6 is 11.6 Å². The lowest BCUT2D eigenvalue weighted by molar-refractivity contribution is -0.274. The summed E-state index contributed by atoms with van der Waals surface area (Å²) in [6, 6.07) is 19.2. The number of ether oxygens (including phenoxy) is 1. The second-order valence-corrected chi connectivity index (χ2v) is 8.91. The van der Waals surface area contributed by atoms with Gasteiger partial charge in [0, 0.05) is 16.4 Å². The number of alkyl halides is 3. The van der Waals surface area contributed by atoms with Gasteiger partial charge in [-0.2, -0.15) is 0 Å². The molecule has 0 bridgehead atoms. The third-order valence-corrected chi connectivity index (χ3v) is 5.96. The number of carbonyl (C=O) groups is 1. The van der Waals surface area contributed by atoms with Crippen LogP contribution in [0.25, 0.3) is 0 Å². The van der Waals surface area contributed by atoms with Crippen LogP contribution in [-0.4, -0.2) is 17.9 Å². The fourth-order valence-electron chi connectivity index (χ4n) is 4.34. The van der Waals surface area contributed by atoms with Gasteiger partial charge in [0.2, 0.25) is 0 Å². The molecular weight excluding hydrogens is 453 g/mol. The van der Waals surface area contributed by atoms with Gasteiger partial charge in [-0.1, -0.05) is 41.4 Å². The van der Waals surface area contributed by atoms with Gasteiger partial charge in [0.25, 0.3) is 0 Å². The molecule has 1 saturated heterocycles. The van der Waals surface area contributed by atoms with E-state index in [1.807, 2.05) is 45.0 Å². The Morgan fingerprint density at radius 3 is 2.15 bits per heavy atom. The largest absolute Gasteiger partial charge is 0.573 e. The van der Waals surface area contributed by atoms with Crippen molar-refractivity contribution in [2.45, 2.75) is 38.7 Å². The normalized spacial score (nSPS) is 18.0. The number of rotatable bonds is 4. The molecule has 0 radical (unpaired) electrons. The average Bonchev–Trinajstić information content (AvgIpc) is 2.93. The molecule has 3 aromatic carbocycles. The Bertz CT molecular complexity index is 1160. The van der Waals surface area contributed by atoms with Gasteiger partial charge in [-0.25, -0.2) is 4.79 Å². The first kappa shape index (κ1) is 23.0. The van der Waals surface area contributed by atoms with Crippen molar-refractivity contribution in [3.63, 3.8) is 0 Å². The molecule has 172 valence electrons. The molecule has 4 nitrogen and oxygen atoms in total. The summed E-state index contributed by atoms with van der Waals surface area (Å²) in [4.78, 5) is 17.1. The van der Waals surface area contributed by atoms with Gasteiger partial charge in [0.05, 0.1) is 11.6 Å².